The molecule has 1 saturated carbocycles. The summed E-state index contributed by atoms with van der Waals surface area (Å²) in [5.41, 5.74) is 0. The summed E-state index contributed by atoms with van der Waals surface area (Å²) in [7, 11) is -1.29. The van der Waals surface area contributed by atoms with Gasteiger partial charge in [0.15, 0.2) is 11.6 Å². The van der Waals surface area contributed by atoms with Crippen molar-refractivity contribution in [3.63, 3.8) is 0 Å². The Balaban J connectivity index is 2.14. The molecule has 0 radical (unpaired) electrons. The van der Waals surface area contributed by atoms with E-state index in [9.17, 15) is 13.0 Å². The highest BCUT2D eigenvalue weighted by Crippen LogP contribution is 2.27. The van der Waals surface area contributed by atoms with E-state index >= 15 is 0 Å². The van der Waals surface area contributed by atoms with E-state index in [1.165, 1.54) is 6.07 Å². The number of rotatable bonds is 5. The Hall–Kier alpha value is -0.810. The second-order valence-corrected chi connectivity index (χ2v) is 6.93. The number of halogens is 2. The van der Waals surface area contributed by atoms with Crippen LogP contribution in [0.15, 0.2) is 23.1 Å². The minimum Gasteiger partial charge on any atom is -0.313 e. The van der Waals surface area contributed by atoms with Gasteiger partial charge in [-0.25, -0.2) is 8.78 Å². The zero-order chi connectivity index (χ0) is 14.5. The van der Waals surface area contributed by atoms with E-state index in [1.807, 2.05) is 0 Å². The van der Waals surface area contributed by atoms with E-state index < -0.39 is 22.4 Å². The molecule has 0 heterocycles. The molecule has 0 spiro atoms. The van der Waals surface area contributed by atoms with Crippen LogP contribution in [0.2, 0.25) is 0 Å². The van der Waals surface area contributed by atoms with Crippen molar-refractivity contribution in [2.45, 2.75) is 55.2 Å². The molecule has 20 heavy (non-hydrogen) atoms. The van der Waals surface area contributed by atoms with Crippen molar-refractivity contribution in [2.75, 3.05) is 6.54 Å². The van der Waals surface area contributed by atoms with Crippen LogP contribution >= 0.6 is 0 Å². The summed E-state index contributed by atoms with van der Waals surface area (Å²) in [6.07, 6.45) is 5.07. The minimum atomic E-state index is -1.29. The smallest absolute Gasteiger partial charge is 0.160 e. The first-order valence-electron chi connectivity index (χ1n) is 7.22. The Morgan fingerprint density at radius 2 is 2.00 bits per heavy atom. The van der Waals surface area contributed by atoms with Crippen LogP contribution in [0.5, 0.6) is 0 Å². The second-order valence-electron chi connectivity index (χ2n) is 5.26. The van der Waals surface area contributed by atoms with Gasteiger partial charge in [0.25, 0.3) is 0 Å². The maximum Gasteiger partial charge on any atom is 0.160 e. The molecule has 3 atom stereocenters. The molecular weight excluding hydrogens is 280 g/mol. The van der Waals surface area contributed by atoms with Gasteiger partial charge < -0.3 is 5.32 Å². The molecule has 1 fully saturated rings. The van der Waals surface area contributed by atoms with Gasteiger partial charge in [-0.3, -0.25) is 4.21 Å². The normalized spacial score (nSPS) is 24.6. The van der Waals surface area contributed by atoms with Crippen LogP contribution in [-0.2, 0) is 10.8 Å². The molecular formula is C15H21F2NOS. The first-order valence-corrected chi connectivity index (χ1v) is 8.43. The lowest BCUT2D eigenvalue weighted by Crippen LogP contribution is -2.44. The molecule has 0 aliphatic heterocycles. The van der Waals surface area contributed by atoms with Crippen molar-refractivity contribution in [3.05, 3.63) is 29.8 Å². The van der Waals surface area contributed by atoms with Gasteiger partial charge in [0.2, 0.25) is 0 Å². The quantitative estimate of drug-likeness (QED) is 0.903. The molecule has 2 nitrogen and oxygen atoms in total. The van der Waals surface area contributed by atoms with E-state index in [-0.39, 0.29) is 11.3 Å². The molecule has 1 aliphatic rings. The topological polar surface area (TPSA) is 29.1 Å². The van der Waals surface area contributed by atoms with Crippen molar-refractivity contribution >= 4 is 10.8 Å². The van der Waals surface area contributed by atoms with Crippen molar-refractivity contribution in [2.24, 2.45) is 0 Å². The fourth-order valence-corrected chi connectivity index (χ4v) is 4.38. The van der Waals surface area contributed by atoms with Crippen LogP contribution in [0.3, 0.4) is 0 Å². The lowest BCUT2D eigenvalue weighted by atomic mass is 9.95. The van der Waals surface area contributed by atoms with Crippen LogP contribution in [0, 0.1) is 11.6 Å². The SMILES string of the molecule is CCCNC1CCCCC1S(=O)c1ccc(F)c(F)c1. The van der Waals surface area contributed by atoms with Crippen molar-refractivity contribution in [1.82, 2.24) is 5.32 Å². The Bertz CT molecular complexity index is 481. The maximum absolute atomic E-state index is 13.3. The maximum atomic E-state index is 13.3. The first kappa shape index (κ1) is 15.6. The van der Waals surface area contributed by atoms with Crippen molar-refractivity contribution < 1.29 is 13.0 Å². The van der Waals surface area contributed by atoms with Gasteiger partial charge >= 0.3 is 0 Å². The molecule has 3 unspecified atom stereocenters. The third-order valence-corrected chi connectivity index (χ3v) is 5.59. The van der Waals surface area contributed by atoms with Gasteiger partial charge in [0, 0.05) is 10.9 Å². The van der Waals surface area contributed by atoms with Crippen molar-refractivity contribution in [3.8, 4) is 0 Å². The summed E-state index contributed by atoms with van der Waals surface area (Å²) in [6.45, 7) is 2.99. The van der Waals surface area contributed by atoms with Crippen LogP contribution in [-0.4, -0.2) is 22.0 Å². The first-order chi connectivity index (χ1) is 9.63. The van der Waals surface area contributed by atoms with E-state index in [4.69, 9.17) is 0 Å². The highest BCUT2D eigenvalue weighted by molar-refractivity contribution is 7.85. The molecule has 0 saturated heterocycles. The molecule has 0 bridgehead atoms. The predicted octanol–water partition coefficient (Wildman–Crippen LogP) is 3.38. The summed E-state index contributed by atoms with van der Waals surface area (Å²) >= 11 is 0. The third-order valence-electron chi connectivity index (χ3n) is 3.76. The average molecular weight is 301 g/mol. The van der Waals surface area contributed by atoms with Gasteiger partial charge in [-0.1, -0.05) is 19.8 Å². The number of hydrogen-bond acceptors (Lipinski definition) is 2. The summed E-state index contributed by atoms with van der Waals surface area (Å²) in [4.78, 5) is 0.388. The zero-order valence-electron chi connectivity index (χ0n) is 11.7. The highest BCUT2D eigenvalue weighted by atomic mass is 32.2. The predicted molar refractivity (Wildman–Crippen MR) is 77.1 cm³/mol. The molecule has 2 rings (SSSR count). The van der Waals surface area contributed by atoms with E-state index in [0.29, 0.717) is 4.90 Å². The van der Waals surface area contributed by atoms with Gasteiger partial charge in [-0.05, 0) is 44.0 Å². The lowest BCUT2D eigenvalue weighted by Gasteiger charge is -2.31. The molecule has 0 amide bonds. The monoisotopic (exact) mass is 301 g/mol. The van der Waals surface area contributed by atoms with Gasteiger partial charge in [0.05, 0.1) is 16.0 Å². The Kier molecular flexibility index (Phi) is 5.66. The fraction of sp³-hybridized carbons (Fsp3) is 0.600. The molecule has 112 valence electrons. The summed E-state index contributed by atoms with van der Waals surface area (Å²) in [6, 6.07) is 3.76. The van der Waals surface area contributed by atoms with Crippen LogP contribution in [0.1, 0.15) is 39.0 Å². The fourth-order valence-electron chi connectivity index (χ4n) is 2.69. The Morgan fingerprint density at radius 3 is 2.70 bits per heavy atom. The summed E-state index contributed by atoms with van der Waals surface area (Å²) in [5, 5.41) is 3.42. The molecule has 5 heteroatoms. The average Bonchev–Trinajstić information content (AvgIpc) is 2.47. The van der Waals surface area contributed by atoms with Gasteiger partial charge in [-0.15, -0.1) is 0 Å². The molecule has 1 aliphatic carbocycles. The van der Waals surface area contributed by atoms with E-state index in [0.717, 1.165) is 50.8 Å². The third kappa shape index (κ3) is 3.64. The molecule has 1 N–H and O–H groups in total. The minimum absolute atomic E-state index is 0.0137. The Morgan fingerprint density at radius 1 is 1.25 bits per heavy atom. The van der Waals surface area contributed by atoms with Gasteiger partial charge in [-0.2, -0.15) is 0 Å². The van der Waals surface area contributed by atoms with E-state index in [2.05, 4.69) is 12.2 Å². The number of benzene rings is 1. The van der Waals surface area contributed by atoms with Gasteiger partial charge in [0.1, 0.15) is 0 Å². The summed E-state index contributed by atoms with van der Waals surface area (Å²) in [5.74, 6) is -1.82. The molecule has 0 aromatic heterocycles. The highest BCUT2D eigenvalue weighted by Gasteiger charge is 2.30. The standard InChI is InChI=1S/C15H21F2NOS/c1-2-9-18-14-5-3-4-6-15(14)20(19)11-7-8-12(16)13(17)10-11/h7-8,10,14-15,18H,2-6,9H2,1H3. The zero-order valence-corrected chi connectivity index (χ0v) is 12.5. The molecule has 1 aromatic carbocycles. The van der Waals surface area contributed by atoms with Crippen LogP contribution < -0.4 is 5.32 Å². The van der Waals surface area contributed by atoms with Crippen molar-refractivity contribution in [1.29, 1.82) is 0 Å². The second kappa shape index (κ2) is 7.27. The largest absolute Gasteiger partial charge is 0.313 e. The summed E-state index contributed by atoms with van der Waals surface area (Å²) < 4.78 is 38.9. The molecule has 1 aromatic rings. The van der Waals surface area contributed by atoms with Crippen LogP contribution in [0.25, 0.3) is 0 Å². The number of hydrogen-bond donors (Lipinski definition) is 1. The van der Waals surface area contributed by atoms with E-state index in [1.54, 1.807) is 0 Å². The Labute approximate surface area is 121 Å². The number of nitrogens with one attached hydrogen (secondary N) is 1. The van der Waals surface area contributed by atoms with Crippen LogP contribution in [0.4, 0.5) is 8.78 Å². The lowest BCUT2D eigenvalue weighted by molar-refractivity contribution is 0.379.